The number of halogens is 3. The fourth-order valence-electron chi connectivity index (χ4n) is 5.23. The van der Waals surface area contributed by atoms with E-state index in [9.17, 15) is 36.3 Å². The van der Waals surface area contributed by atoms with E-state index >= 15 is 0 Å². The topological polar surface area (TPSA) is 135 Å². The number of carbonyl (C=O) groups is 2. The lowest BCUT2D eigenvalue weighted by Crippen LogP contribution is -2.48. The Morgan fingerprint density at radius 2 is 1.85 bits per heavy atom. The Kier molecular flexibility index (Phi) is 13.9. The van der Waals surface area contributed by atoms with Gasteiger partial charge in [0.25, 0.3) is 15.9 Å². The Bertz CT molecular complexity index is 1470. The van der Waals surface area contributed by atoms with Crippen LogP contribution in [0.5, 0.6) is 11.5 Å². The number of nitrogens with zero attached hydrogens (tertiary/aromatic N) is 2. The number of methoxy groups -OCH3 is 1. The van der Waals surface area contributed by atoms with Crippen molar-refractivity contribution in [3.05, 3.63) is 48.0 Å². The van der Waals surface area contributed by atoms with Crippen LogP contribution >= 0.6 is 0 Å². The van der Waals surface area contributed by atoms with Gasteiger partial charge in [0.1, 0.15) is 11.5 Å². The predicted molar refractivity (Wildman–Crippen MR) is 174 cm³/mol. The van der Waals surface area contributed by atoms with E-state index in [2.05, 4.69) is 4.72 Å². The van der Waals surface area contributed by atoms with Crippen LogP contribution < -0.4 is 14.2 Å². The minimum atomic E-state index is -4.46. The first-order valence-electron chi connectivity index (χ1n) is 15.9. The number of sulfonamides is 1. The van der Waals surface area contributed by atoms with Crippen molar-refractivity contribution in [3.63, 3.8) is 0 Å². The Labute approximate surface area is 280 Å². The van der Waals surface area contributed by atoms with E-state index in [0.717, 1.165) is 0 Å². The number of alkyl halides is 3. The smallest absolute Gasteiger partial charge is 0.389 e. The average molecular weight is 702 g/mol. The fourth-order valence-corrected chi connectivity index (χ4v) is 6.28. The molecule has 3 rings (SSSR count). The molecule has 48 heavy (non-hydrogen) atoms. The largest absolute Gasteiger partial charge is 0.497 e. The molecule has 2 amide bonds. The number of aliphatic hydroxyl groups excluding tert-OH is 1. The minimum Gasteiger partial charge on any atom is -0.497 e. The van der Waals surface area contributed by atoms with Crippen LogP contribution in [0.1, 0.15) is 63.2 Å². The molecule has 0 bridgehead atoms. The van der Waals surface area contributed by atoms with Crippen LogP contribution in [-0.4, -0.2) is 100 Å². The molecule has 0 aromatic heterocycles. The molecule has 0 fully saturated rings. The lowest BCUT2D eigenvalue weighted by molar-refractivity contribution is -0.149. The van der Waals surface area contributed by atoms with Crippen molar-refractivity contribution in [1.29, 1.82) is 0 Å². The Morgan fingerprint density at radius 3 is 2.48 bits per heavy atom. The number of ether oxygens (including phenoxy) is 3. The van der Waals surface area contributed by atoms with Crippen LogP contribution in [0.25, 0.3) is 0 Å². The van der Waals surface area contributed by atoms with Crippen molar-refractivity contribution in [1.82, 2.24) is 9.80 Å². The number of hydrogen-bond donors (Lipinski definition) is 2. The molecule has 268 valence electrons. The van der Waals surface area contributed by atoms with Crippen molar-refractivity contribution in [2.75, 3.05) is 45.2 Å². The summed E-state index contributed by atoms with van der Waals surface area (Å²) < 4.78 is 84.6. The van der Waals surface area contributed by atoms with Gasteiger partial charge in [-0.15, -0.1) is 0 Å². The van der Waals surface area contributed by atoms with Gasteiger partial charge in [0, 0.05) is 44.8 Å². The number of aliphatic hydroxyl groups is 1. The van der Waals surface area contributed by atoms with Gasteiger partial charge in [-0.25, -0.2) is 8.42 Å². The van der Waals surface area contributed by atoms with Crippen molar-refractivity contribution in [2.24, 2.45) is 5.92 Å². The maximum atomic E-state index is 14.3. The monoisotopic (exact) mass is 701 g/mol. The summed E-state index contributed by atoms with van der Waals surface area (Å²) in [5.74, 6) is -0.923. The average Bonchev–Trinajstić information content (AvgIpc) is 3.04. The summed E-state index contributed by atoms with van der Waals surface area (Å²) in [5, 5.41) is 10.1. The summed E-state index contributed by atoms with van der Waals surface area (Å²) in [4.78, 5) is 29.4. The second-order valence-corrected chi connectivity index (χ2v) is 13.9. The van der Waals surface area contributed by atoms with Crippen LogP contribution in [0.15, 0.2) is 47.4 Å². The number of rotatable bonds is 10. The second-order valence-electron chi connectivity index (χ2n) is 12.2. The molecule has 0 saturated heterocycles. The molecule has 2 aromatic rings. The van der Waals surface area contributed by atoms with Gasteiger partial charge in [-0.05, 0) is 75.6 Å². The molecule has 15 heteroatoms. The molecule has 2 aromatic carbocycles. The predicted octanol–water partition coefficient (Wildman–Crippen LogP) is 5.09. The number of amides is 2. The molecule has 0 unspecified atom stereocenters. The molecular formula is C33H46F3N3O8S. The molecule has 2 N–H and O–H groups in total. The normalized spacial score (nSPS) is 20.6. The van der Waals surface area contributed by atoms with Gasteiger partial charge >= 0.3 is 6.18 Å². The highest BCUT2D eigenvalue weighted by atomic mass is 32.2. The van der Waals surface area contributed by atoms with Gasteiger partial charge in [0.2, 0.25) is 5.91 Å². The number of fused-ring (bicyclic) bond motifs is 1. The van der Waals surface area contributed by atoms with Crippen LogP contribution in [0.3, 0.4) is 0 Å². The molecule has 0 aliphatic carbocycles. The Hall–Kier alpha value is -3.56. The quantitative estimate of drug-likeness (QED) is 0.350. The molecule has 1 aliphatic heterocycles. The first-order valence-corrected chi connectivity index (χ1v) is 17.3. The van der Waals surface area contributed by atoms with Gasteiger partial charge in [-0.1, -0.05) is 6.92 Å². The van der Waals surface area contributed by atoms with Crippen molar-refractivity contribution in [2.45, 2.75) is 82.2 Å². The van der Waals surface area contributed by atoms with Gasteiger partial charge in [-0.2, -0.15) is 13.2 Å². The maximum absolute atomic E-state index is 14.3. The van der Waals surface area contributed by atoms with E-state index in [4.69, 9.17) is 14.2 Å². The van der Waals surface area contributed by atoms with Crippen molar-refractivity contribution in [3.8, 4) is 11.5 Å². The van der Waals surface area contributed by atoms with E-state index in [1.807, 2.05) is 6.92 Å². The fraction of sp³-hybridized carbons (Fsp3) is 0.576. The number of hydrogen-bond acceptors (Lipinski definition) is 8. The summed E-state index contributed by atoms with van der Waals surface area (Å²) in [7, 11) is -1.16. The standard InChI is InChI=1S/C33H46F3N3O8S/c1-22-19-39(23(2)21-40)32(42)28-18-25(37-48(43,44)27-12-10-26(45-5)11-13-27)9-14-29(28)47-24(3)8-6-7-17-46-30(22)20-38(4)31(41)15-16-33(34,35)36/h9-14,18,22-24,30,37,40H,6-8,15-17,19-21H2,1-5H3/t22-,23-,24+,30-/m1/s1. The number of benzene rings is 2. The third-order valence-electron chi connectivity index (χ3n) is 8.18. The Morgan fingerprint density at radius 1 is 1.17 bits per heavy atom. The third kappa shape index (κ3) is 11.3. The molecule has 0 saturated carbocycles. The first-order chi connectivity index (χ1) is 22.5. The lowest BCUT2D eigenvalue weighted by atomic mass is 10.0. The number of likely N-dealkylation sites (N-methyl/N-ethyl adjacent to an activating group) is 1. The first kappa shape index (κ1) is 38.9. The summed E-state index contributed by atoms with van der Waals surface area (Å²) in [6.07, 6.45) is -5.37. The highest BCUT2D eigenvalue weighted by Gasteiger charge is 2.32. The number of nitrogens with one attached hydrogen (secondary N) is 1. The zero-order chi connectivity index (χ0) is 35.6. The minimum absolute atomic E-state index is 0.000776. The van der Waals surface area contributed by atoms with Gasteiger partial charge in [0.15, 0.2) is 0 Å². The molecule has 0 radical (unpaired) electrons. The van der Waals surface area contributed by atoms with Gasteiger partial charge in [-0.3, -0.25) is 14.3 Å². The van der Waals surface area contributed by atoms with Crippen molar-refractivity contribution >= 4 is 27.5 Å². The second kappa shape index (κ2) is 17.2. The van der Waals surface area contributed by atoms with E-state index < -0.39 is 65.5 Å². The van der Waals surface area contributed by atoms with Crippen molar-refractivity contribution < 1.29 is 50.5 Å². The van der Waals surface area contributed by atoms with Crippen LogP contribution in [0.4, 0.5) is 18.9 Å². The maximum Gasteiger partial charge on any atom is 0.389 e. The van der Waals surface area contributed by atoms with Crippen LogP contribution in [-0.2, 0) is 19.6 Å². The zero-order valence-electron chi connectivity index (χ0n) is 28.0. The molecule has 1 aliphatic rings. The van der Waals surface area contributed by atoms with E-state index in [1.165, 1.54) is 66.4 Å². The molecule has 11 nitrogen and oxygen atoms in total. The molecular weight excluding hydrogens is 655 g/mol. The summed E-state index contributed by atoms with van der Waals surface area (Å²) in [6, 6.07) is 9.54. The van der Waals surface area contributed by atoms with Gasteiger partial charge < -0.3 is 29.1 Å². The van der Waals surface area contributed by atoms with Crippen LogP contribution in [0, 0.1) is 5.92 Å². The van der Waals surface area contributed by atoms with E-state index in [-0.39, 0.29) is 41.1 Å². The highest BCUT2D eigenvalue weighted by Crippen LogP contribution is 2.30. The summed E-state index contributed by atoms with van der Waals surface area (Å²) >= 11 is 0. The lowest BCUT2D eigenvalue weighted by Gasteiger charge is -2.36. The molecule has 4 atom stereocenters. The summed E-state index contributed by atoms with van der Waals surface area (Å²) in [6.45, 7) is 5.28. The zero-order valence-corrected chi connectivity index (χ0v) is 28.8. The SMILES string of the molecule is COc1ccc(S(=O)(=O)Nc2ccc3c(c2)C(=O)N([C@H](C)CO)C[C@@H](C)[C@@H](CN(C)C(=O)CCC(F)(F)F)OCCCC[C@H](C)O3)cc1. The number of anilines is 1. The summed E-state index contributed by atoms with van der Waals surface area (Å²) in [5.41, 5.74) is 0.179. The Balaban J connectivity index is 1.95. The van der Waals surface area contributed by atoms with Crippen LogP contribution in [0.2, 0.25) is 0 Å². The highest BCUT2D eigenvalue weighted by molar-refractivity contribution is 7.92. The molecule has 1 heterocycles. The molecule has 0 spiro atoms. The van der Waals surface area contributed by atoms with Gasteiger partial charge in [0.05, 0.1) is 48.8 Å². The number of carbonyl (C=O) groups excluding carboxylic acids is 2. The van der Waals surface area contributed by atoms with E-state index in [1.54, 1.807) is 13.8 Å². The van der Waals surface area contributed by atoms with E-state index in [0.29, 0.717) is 31.6 Å². The third-order valence-corrected chi connectivity index (χ3v) is 9.57.